The molecule has 146 valence electrons. The largest absolute Gasteiger partial charge is 1.00 e. The molecule has 0 saturated carbocycles. The highest BCUT2D eigenvalue weighted by Crippen LogP contribution is 2.58. The summed E-state index contributed by atoms with van der Waals surface area (Å²) in [5, 5.41) is 4.38. The van der Waals surface area contributed by atoms with Crippen LogP contribution in [-0.2, 0) is 6.16 Å². The van der Waals surface area contributed by atoms with Gasteiger partial charge < -0.3 is 12.4 Å². The van der Waals surface area contributed by atoms with Gasteiger partial charge >= 0.3 is 0 Å². The van der Waals surface area contributed by atoms with Gasteiger partial charge in [0.15, 0.2) is 0 Å². The third-order valence-electron chi connectivity index (χ3n) is 5.64. The van der Waals surface area contributed by atoms with Crippen LogP contribution in [0.3, 0.4) is 0 Å². The molecule has 4 rings (SSSR count). The fourth-order valence-electron chi connectivity index (χ4n) is 4.07. The van der Waals surface area contributed by atoms with Crippen LogP contribution in [0.1, 0.15) is 16.7 Å². The van der Waals surface area contributed by atoms with Gasteiger partial charge in [-0.2, -0.15) is 0 Å². The van der Waals surface area contributed by atoms with Crippen molar-refractivity contribution < 1.29 is 12.4 Å². The van der Waals surface area contributed by atoms with E-state index in [9.17, 15) is 0 Å². The molecule has 4 aromatic carbocycles. The summed E-state index contributed by atoms with van der Waals surface area (Å²) in [5.74, 6) is 0. The first-order valence-corrected chi connectivity index (χ1v) is 11.8. The zero-order valence-electron chi connectivity index (χ0n) is 16.9. The summed E-state index contributed by atoms with van der Waals surface area (Å²) in [6, 6.07) is 40.0. The van der Waals surface area contributed by atoms with Crippen molar-refractivity contribution in [3.8, 4) is 0 Å². The molecule has 0 N–H and O–H groups in total. The molecule has 2 heteroatoms. The first kappa shape index (κ1) is 21.3. The third kappa shape index (κ3) is 4.15. The van der Waals surface area contributed by atoms with Crippen molar-refractivity contribution >= 4 is 23.2 Å². The standard InChI is InChI=1S/C27H26P.ClH/c1-22-13-12-20-27(23(22)2)28(25-16-8-4-9-17-25,26-18-10-5-11-19-26)21-24-14-6-3-7-15-24;/h3-20H,21H2,1-2H3;1H/q+1;/p-1. The highest BCUT2D eigenvalue weighted by atomic mass is 35.5. The second-order valence-corrected chi connectivity index (χ2v) is 10.8. The van der Waals surface area contributed by atoms with E-state index < -0.39 is 7.26 Å². The molecule has 0 bridgehead atoms. The Morgan fingerprint density at radius 1 is 0.552 bits per heavy atom. The summed E-state index contributed by atoms with van der Waals surface area (Å²) in [5.41, 5.74) is 4.17. The van der Waals surface area contributed by atoms with Crippen molar-refractivity contribution in [2.45, 2.75) is 20.0 Å². The Morgan fingerprint density at radius 2 is 1.03 bits per heavy atom. The molecule has 0 radical (unpaired) electrons. The summed E-state index contributed by atoms with van der Waals surface area (Å²) in [7, 11) is -1.84. The molecule has 0 spiro atoms. The van der Waals surface area contributed by atoms with Gasteiger partial charge in [0, 0.05) is 0 Å². The van der Waals surface area contributed by atoms with Gasteiger partial charge in [-0.25, -0.2) is 0 Å². The average molecular weight is 417 g/mol. The monoisotopic (exact) mass is 416 g/mol. The SMILES string of the molecule is Cc1cccc([P+](Cc2ccccc2)(c2ccccc2)c2ccccc2)c1C.[Cl-]. The number of benzene rings is 4. The highest BCUT2D eigenvalue weighted by molar-refractivity contribution is 7.95. The summed E-state index contributed by atoms with van der Waals surface area (Å²) in [4.78, 5) is 0. The predicted molar refractivity (Wildman–Crippen MR) is 125 cm³/mol. The molecule has 0 fully saturated rings. The van der Waals surface area contributed by atoms with Crippen LogP contribution < -0.4 is 28.3 Å². The maximum atomic E-state index is 2.36. The second-order valence-electron chi connectivity index (χ2n) is 7.34. The van der Waals surface area contributed by atoms with E-state index in [4.69, 9.17) is 0 Å². The highest BCUT2D eigenvalue weighted by Gasteiger charge is 2.46. The lowest BCUT2D eigenvalue weighted by atomic mass is 10.1. The van der Waals surface area contributed by atoms with Gasteiger partial charge in [-0.1, -0.05) is 78.9 Å². The summed E-state index contributed by atoms with van der Waals surface area (Å²) < 4.78 is 0. The van der Waals surface area contributed by atoms with Crippen LogP contribution in [0.25, 0.3) is 0 Å². The number of aryl methyl sites for hydroxylation is 1. The number of hydrogen-bond acceptors (Lipinski definition) is 0. The van der Waals surface area contributed by atoms with E-state index in [1.54, 1.807) is 0 Å². The first-order valence-electron chi connectivity index (χ1n) is 9.82. The molecule has 0 heterocycles. The maximum Gasteiger partial charge on any atom is 0.116 e. The fourth-order valence-corrected chi connectivity index (χ4v) is 8.67. The molecular weight excluding hydrogens is 391 g/mol. The van der Waals surface area contributed by atoms with Crippen LogP contribution in [0.5, 0.6) is 0 Å². The molecule has 0 aliphatic rings. The fraction of sp³-hybridized carbons (Fsp3) is 0.111. The molecular formula is C27H26ClP. The van der Waals surface area contributed by atoms with Gasteiger partial charge in [0.25, 0.3) is 0 Å². The topological polar surface area (TPSA) is 0 Å². The molecule has 0 aliphatic carbocycles. The quantitative estimate of drug-likeness (QED) is 0.439. The number of halogens is 1. The lowest BCUT2D eigenvalue weighted by Gasteiger charge is -2.29. The van der Waals surface area contributed by atoms with Gasteiger partial charge in [-0.3, -0.25) is 0 Å². The zero-order chi connectivity index (χ0) is 19.4. The lowest BCUT2D eigenvalue weighted by Crippen LogP contribution is -3.00. The van der Waals surface area contributed by atoms with Crippen LogP contribution in [-0.4, -0.2) is 0 Å². The molecule has 29 heavy (non-hydrogen) atoms. The van der Waals surface area contributed by atoms with Crippen molar-refractivity contribution in [2.75, 3.05) is 0 Å². The Balaban J connectivity index is 0.00000240. The normalized spacial score (nSPS) is 11.0. The van der Waals surface area contributed by atoms with E-state index in [-0.39, 0.29) is 12.4 Å². The first-order chi connectivity index (χ1) is 13.7. The van der Waals surface area contributed by atoms with Crippen molar-refractivity contribution in [2.24, 2.45) is 0 Å². The molecule has 0 aliphatic heterocycles. The molecule has 0 saturated heterocycles. The Kier molecular flexibility index (Phi) is 6.91. The minimum Gasteiger partial charge on any atom is -1.00 e. The van der Waals surface area contributed by atoms with Crippen LogP contribution in [0.15, 0.2) is 109 Å². The lowest BCUT2D eigenvalue weighted by molar-refractivity contribution is -0.00000559. The van der Waals surface area contributed by atoms with Crippen molar-refractivity contribution in [1.82, 2.24) is 0 Å². The van der Waals surface area contributed by atoms with Crippen LogP contribution in [0.4, 0.5) is 0 Å². The van der Waals surface area contributed by atoms with E-state index in [1.165, 1.54) is 32.6 Å². The molecule has 0 nitrogen and oxygen atoms in total. The van der Waals surface area contributed by atoms with E-state index in [0.717, 1.165) is 6.16 Å². The van der Waals surface area contributed by atoms with Crippen molar-refractivity contribution in [1.29, 1.82) is 0 Å². The van der Waals surface area contributed by atoms with Crippen LogP contribution in [0.2, 0.25) is 0 Å². The van der Waals surface area contributed by atoms with E-state index in [1.807, 2.05) is 0 Å². The van der Waals surface area contributed by atoms with Gasteiger partial charge in [0.05, 0.1) is 6.16 Å². The number of hydrogen-bond donors (Lipinski definition) is 0. The van der Waals surface area contributed by atoms with E-state index in [2.05, 4.69) is 123 Å². The Hall–Kier alpha value is -2.40. The average Bonchev–Trinajstić information content (AvgIpc) is 2.76. The smallest absolute Gasteiger partial charge is 0.116 e. The van der Waals surface area contributed by atoms with Gasteiger partial charge in [-0.15, -0.1) is 0 Å². The Morgan fingerprint density at radius 3 is 1.55 bits per heavy atom. The predicted octanol–water partition coefficient (Wildman–Crippen LogP) is 2.80. The van der Waals surface area contributed by atoms with Gasteiger partial charge in [0.1, 0.15) is 23.2 Å². The van der Waals surface area contributed by atoms with Crippen molar-refractivity contribution in [3.05, 3.63) is 126 Å². The minimum atomic E-state index is -1.84. The van der Waals surface area contributed by atoms with E-state index in [0.29, 0.717) is 0 Å². The summed E-state index contributed by atoms with van der Waals surface area (Å²) >= 11 is 0. The molecule has 0 unspecified atom stereocenters. The van der Waals surface area contributed by atoms with E-state index >= 15 is 0 Å². The summed E-state index contributed by atoms with van der Waals surface area (Å²) in [6.07, 6.45) is 1.03. The molecule has 0 atom stereocenters. The van der Waals surface area contributed by atoms with Crippen LogP contribution >= 0.6 is 7.26 Å². The second kappa shape index (κ2) is 9.40. The summed E-state index contributed by atoms with van der Waals surface area (Å²) in [6.45, 7) is 4.52. The zero-order valence-corrected chi connectivity index (χ0v) is 18.6. The molecule has 0 amide bonds. The minimum absolute atomic E-state index is 0. The van der Waals surface area contributed by atoms with Gasteiger partial charge in [0.2, 0.25) is 0 Å². The molecule has 4 aromatic rings. The Bertz CT molecular complexity index is 1000. The van der Waals surface area contributed by atoms with Crippen molar-refractivity contribution in [3.63, 3.8) is 0 Å². The number of rotatable bonds is 5. The van der Waals surface area contributed by atoms with Gasteiger partial charge in [-0.05, 0) is 60.9 Å². The Labute approximate surface area is 181 Å². The molecule has 0 aromatic heterocycles. The maximum absolute atomic E-state index is 2.36. The van der Waals surface area contributed by atoms with Crippen LogP contribution in [0, 0.1) is 13.8 Å². The third-order valence-corrected chi connectivity index (χ3v) is 10.1.